The lowest BCUT2D eigenvalue weighted by atomic mass is 9.44. The second-order valence-corrected chi connectivity index (χ2v) is 16.0. The maximum Gasteiger partial charge on any atom is 0.229 e. The van der Waals surface area contributed by atoms with E-state index in [4.69, 9.17) is 9.47 Å². The number of carbonyl (C=O) groups excluding carboxylic acids is 2. The van der Waals surface area contributed by atoms with Crippen molar-refractivity contribution in [3.05, 3.63) is 30.1 Å². The summed E-state index contributed by atoms with van der Waals surface area (Å²) in [6, 6.07) is 3.94. The molecule has 1 aromatic rings. The molecule has 4 aliphatic carbocycles. The van der Waals surface area contributed by atoms with E-state index >= 15 is 0 Å². The van der Waals surface area contributed by atoms with Crippen LogP contribution in [0.15, 0.2) is 24.5 Å². The molecule has 7 nitrogen and oxygen atoms in total. The summed E-state index contributed by atoms with van der Waals surface area (Å²) in [6.07, 6.45) is 15.7. The van der Waals surface area contributed by atoms with Gasteiger partial charge in [0.05, 0.1) is 12.7 Å². The molecule has 7 rings (SSSR count). The number of nitrogens with one attached hydrogen (secondary N) is 2. The van der Waals surface area contributed by atoms with Gasteiger partial charge in [0, 0.05) is 37.3 Å². The van der Waals surface area contributed by atoms with Crippen LogP contribution in [-0.4, -0.2) is 41.3 Å². The number of nitrogens with zero attached hydrogens (tertiary/aromatic N) is 1. The molecule has 236 valence electrons. The summed E-state index contributed by atoms with van der Waals surface area (Å²) in [4.78, 5) is 29.3. The van der Waals surface area contributed by atoms with Crippen LogP contribution < -0.4 is 10.6 Å². The first-order valence-electron chi connectivity index (χ1n) is 17.4. The van der Waals surface area contributed by atoms with Crippen molar-refractivity contribution in [3.63, 3.8) is 0 Å². The first-order valence-corrected chi connectivity index (χ1v) is 17.4. The second-order valence-electron chi connectivity index (χ2n) is 16.0. The van der Waals surface area contributed by atoms with Crippen molar-refractivity contribution in [2.75, 3.05) is 6.61 Å². The number of ether oxygens (including phenoxy) is 2. The Morgan fingerprint density at radius 1 is 0.977 bits per heavy atom. The fraction of sp³-hybridized carbons (Fsp3) is 0.806. The molecule has 2 N–H and O–H groups in total. The Hall–Kier alpha value is -1.99. The SMILES string of the molecule is C[C@@H]1CC[C@@]2(OC1)O[C@H]1C[C@H]3[C@@H]4CC[C@H]5C[C@H](NC(=O)CC(=O)NCc6cccnc6)CC[C@]5(C)[C@H]4CC[C@]3(C)[C@H]1[C@@H]2C. The Morgan fingerprint density at radius 2 is 1.81 bits per heavy atom. The zero-order chi connectivity index (χ0) is 30.0. The monoisotopic (exact) mass is 591 g/mol. The van der Waals surface area contributed by atoms with Crippen molar-refractivity contribution < 1.29 is 19.1 Å². The fourth-order valence-electron chi connectivity index (χ4n) is 11.6. The van der Waals surface area contributed by atoms with Crippen molar-refractivity contribution in [1.29, 1.82) is 0 Å². The quantitative estimate of drug-likeness (QED) is 0.409. The number of aromatic nitrogens is 1. The Kier molecular flexibility index (Phi) is 7.68. The van der Waals surface area contributed by atoms with Crippen LogP contribution in [0.5, 0.6) is 0 Å². The van der Waals surface area contributed by atoms with E-state index in [0.717, 1.165) is 49.2 Å². The third kappa shape index (κ3) is 5.05. The lowest BCUT2D eigenvalue weighted by Crippen LogP contribution is -2.56. The summed E-state index contributed by atoms with van der Waals surface area (Å²) in [5.41, 5.74) is 1.63. The Morgan fingerprint density at radius 3 is 2.58 bits per heavy atom. The summed E-state index contributed by atoms with van der Waals surface area (Å²) in [5.74, 6) is 3.97. The number of fused-ring (bicyclic) bond motifs is 7. The van der Waals surface area contributed by atoms with Gasteiger partial charge >= 0.3 is 0 Å². The van der Waals surface area contributed by atoms with Crippen LogP contribution in [0.25, 0.3) is 0 Å². The van der Waals surface area contributed by atoms with E-state index in [1.807, 2.05) is 12.1 Å². The molecule has 2 amide bonds. The number of rotatable bonds is 5. The van der Waals surface area contributed by atoms with Crippen molar-refractivity contribution in [2.24, 2.45) is 52.3 Å². The molecule has 0 bridgehead atoms. The van der Waals surface area contributed by atoms with Crippen molar-refractivity contribution in [2.45, 2.75) is 123 Å². The molecule has 7 heteroatoms. The third-order valence-electron chi connectivity index (χ3n) is 13.8. The molecule has 2 saturated heterocycles. The van der Waals surface area contributed by atoms with Crippen molar-refractivity contribution in [3.8, 4) is 0 Å². The van der Waals surface area contributed by atoms with Crippen LogP contribution in [0.3, 0.4) is 0 Å². The minimum Gasteiger partial charge on any atom is -0.353 e. The standard InChI is InChI=1S/C36H53N3O4/c1-22-9-14-36(42-21-22)23(2)33-30(43-36)17-29-27-8-7-25-16-26(10-12-34(25,3)28(27)11-13-35(29,33)4)39-32(41)18-31(40)38-20-24-6-5-15-37-19-24/h5-6,15,19,22-23,25-30,33H,7-14,16-18,20-21H2,1-4H3,(H,38,40)(H,39,41)/t22-,23+,25+,26-,27-,28+,29+,30+,33+,34+,35+,36-/m1/s1. The summed E-state index contributed by atoms with van der Waals surface area (Å²) >= 11 is 0. The van der Waals surface area contributed by atoms with E-state index in [2.05, 4.69) is 43.3 Å². The minimum atomic E-state index is -0.334. The van der Waals surface area contributed by atoms with E-state index in [1.165, 1.54) is 44.9 Å². The molecule has 4 saturated carbocycles. The fourth-order valence-corrected chi connectivity index (χ4v) is 11.6. The zero-order valence-corrected chi connectivity index (χ0v) is 26.8. The first kappa shape index (κ1) is 29.7. The smallest absolute Gasteiger partial charge is 0.229 e. The van der Waals surface area contributed by atoms with Crippen LogP contribution >= 0.6 is 0 Å². The van der Waals surface area contributed by atoms with Gasteiger partial charge in [0.2, 0.25) is 11.8 Å². The van der Waals surface area contributed by atoms with Gasteiger partial charge in [0.1, 0.15) is 6.42 Å². The summed E-state index contributed by atoms with van der Waals surface area (Å²) in [7, 11) is 0. The lowest BCUT2D eigenvalue weighted by Gasteiger charge is -2.61. The Bertz CT molecular complexity index is 1200. The molecule has 6 aliphatic rings. The van der Waals surface area contributed by atoms with Gasteiger partial charge in [-0.25, -0.2) is 0 Å². The van der Waals surface area contributed by atoms with Gasteiger partial charge in [-0.3, -0.25) is 14.6 Å². The van der Waals surface area contributed by atoms with Crippen LogP contribution in [0.2, 0.25) is 0 Å². The van der Waals surface area contributed by atoms with Crippen LogP contribution in [0.1, 0.15) is 104 Å². The summed E-state index contributed by atoms with van der Waals surface area (Å²) in [6.45, 7) is 11.2. The lowest BCUT2D eigenvalue weighted by molar-refractivity contribution is -0.273. The Labute approximate surface area is 258 Å². The van der Waals surface area contributed by atoms with Gasteiger partial charge in [-0.15, -0.1) is 0 Å². The highest BCUT2D eigenvalue weighted by Gasteiger charge is 2.69. The summed E-state index contributed by atoms with van der Waals surface area (Å²) in [5, 5.41) is 6.09. The number of hydrogen-bond donors (Lipinski definition) is 2. The molecular formula is C36H53N3O4. The molecule has 6 fully saturated rings. The maximum absolute atomic E-state index is 12.8. The number of pyridine rings is 1. The average Bonchev–Trinajstić information content (AvgIpc) is 3.44. The van der Waals surface area contributed by atoms with Crippen LogP contribution in [0, 0.1) is 52.3 Å². The molecule has 12 atom stereocenters. The van der Waals surface area contributed by atoms with E-state index in [1.54, 1.807) is 12.4 Å². The van der Waals surface area contributed by atoms with E-state index in [-0.39, 0.29) is 30.1 Å². The first-order chi connectivity index (χ1) is 20.6. The van der Waals surface area contributed by atoms with Crippen LogP contribution in [0.4, 0.5) is 0 Å². The average molecular weight is 592 g/mol. The summed E-state index contributed by atoms with van der Waals surface area (Å²) < 4.78 is 13.5. The highest BCUT2D eigenvalue weighted by molar-refractivity contribution is 5.96. The minimum absolute atomic E-state index is 0.113. The molecular weight excluding hydrogens is 538 g/mol. The van der Waals surface area contributed by atoms with Gasteiger partial charge in [-0.1, -0.05) is 33.8 Å². The predicted octanol–water partition coefficient (Wildman–Crippen LogP) is 6.02. The van der Waals surface area contributed by atoms with Gasteiger partial charge in [0.25, 0.3) is 0 Å². The Balaban J connectivity index is 0.952. The second kappa shape index (κ2) is 11.1. The highest BCUT2D eigenvalue weighted by atomic mass is 16.7. The molecule has 1 aromatic heterocycles. The van der Waals surface area contributed by atoms with Gasteiger partial charge in [0.15, 0.2) is 5.79 Å². The molecule has 0 aromatic carbocycles. The highest BCUT2D eigenvalue weighted by Crippen LogP contribution is 2.71. The maximum atomic E-state index is 12.8. The molecule has 0 radical (unpaired) electrons. The van der Waals surface area contributed by atoms with E-state index in [0.29, 0.717) is 47.2 Å². The molecule has 43 heavy (non-hydrogen) atoms. The molecule has 3 heterocycles. The zero-order valence-electron chi connectivity index (χ0n) is 26.8. The van der Waals surface area contributed by atoms with Gasteiger partial charge < -0.3 is 20.1 Å². The van der Waals surface area contributed by atoms with Crippen molar-refractivity contribution >= 4 is 11.8 Å². The molecule has 0 unspecified atom stereocenters. The van der Waals surface area contributed by atoms with Crippen LogP contribution in [-0.2, 0) is 25.6 Å². The van der Waals surface area contributed by atoms with Gasteiger partial charge in [-0.05, 0) is 116 Å². The predicted molar refractivity (Wildman–Crippen MR) is 164 cm³/mol. The largest absolute Gasteiger partial charge is 0.353 e. The number of amides is 2. The van der Waals surface area contributed by atoms with E-state index < -0.39 is 0 Å². The third-order valence-corrected chi connectivity index (χ3v) is 13.8. The van der Waals surface area contributed by atoms with Gasteiger partial charge in [-0.2, -0.15) is 0 Å². The normalized spacial score (nSPS) is 46.7. The number of carbonyl (C=O) groups is 2. The topological polar surface area (TPSA) is 89.5 Å². The number of hydrogen-bond acceptors (Lipinski definition) is 5. The molecule has 2 aliphatic heterocycles. The van der Waals surface area contributed by atoms with E-state index in [9.17, 15) is 9.59 Å². The molecule has 1 spiro atoms. The van der Waals surface area contributed by atoms with Crippen molar-refractivity contribution in [1.82, 2.24) is 15.6 Å².